The number of hydrogen-bond donors (Lipinski definition) is 0. The normalized spacial score (nSPS) is 14.6. The summed E-state index contributed by atoms with van der Waals surface area (Å²) in [5, 5.41) is 5.51. The first-order chi connectivity index (χ1) is 8.34. The van der Waals surface area contributed by atoms with Crippen molar-refractivity contribution in [2.45, 2.75) is 0 Å². The first-order valence-electron chi connectivity index (χ1n) is 5.78. The number of nitrogens with zero attached hydrogens (tertiary/aromatic N) is 1. The topological polar surface area (TPSA) is 3.24 Å². The van der Waals surface area contributed by atoms with Crippen molar-refractivity contribution in [1.82, 2.24) is 0 Å². The molecular weight excluding hydrogens is 285 g/mol. The van der Waals surface area contributed by atoms with E-state index in [1.165, 1.54) is 57.1 Å². The average Bonchev–Trinajstić information content (AvgIpc) is 2.90. The molecule has 1 nitrogen and oxygen atoms in total. The Bertz CT molecular complexity index is 836. The number of anilines is 1. The Labute approximate surface area is 115 Å². The first-order valence-corrected chi connectivity index (χ1v) is 6.88. The molecule has 2 aromatic carbocycles. The van der Waals surface area contributed by atoms with Gasteiger partial charge >= 0.3 is 115 Å². The molecule has 0 aromatic heterocycles. The van der Waals surface area contributed by atoms with E-state index in [4.69, 9.17) is 0 Å². The van der Waals surface area contributed by atoms with Crippen LogP contribution in [0.3, 0.4) is 0 Å². The molecule has 2 aliphatic rings. The molecule has 0 N–H and O–H groups in total. The van der Waals surface area contributed by atoms with E-state index in [1.54, 1.807) is 0 Å². The van der Waals surface area contributed by atoms with Crippen molar-refractivity contribution >= 4 is 17.8 Å². The first kappa shape index (κ1) is 9.85. The van der Waals surface area contributed by atoms with Crippen molar-refractivity contribution < 1.29 is 25.0 Å². The molecule has 2 aromatic rings. The quantitative estimate of drug-likeness (QED) is 0.602. The van der Waals surface area contributed by atoms with Gasteiger partial charge in [0, 0.05) is 0 Å². The van der Waals surface area contributed by atoms with E-state index in [9.17, 15) is 0 Å². The van der Waals surface area contributed by atoms with Gasteiger partial charge in [0.2, 0.25) is 0 Å². The Kier molecular flexibility index (Phi) is 1.99. The molecule has 2 heteroatoms. The molecule has 79 valence electrons. The third-order valence-corrected chi connectivity index (χ3v) is 4.56. The zero-order valence-electron chi connectivity index (χ0n) is 9.27. The summed E-state index contributed by atoms with van der Waals surface area (Å²) in [5.41, 5.74) is 2.84. The number of benzene rings is 2. The molecule has 1 heterocycles. The van der Waals surface area contributed by atoms with Gasteiger partial charge in [0.05, 0.1) is 0 Å². The van der Waals surface area contributed by atoms with E-state index < -0.39 is 0 Å². The number of fused-ring (bicyclic) bond motifs is 4. The predicted molar refractivity (Wildman–Crippen MR) is 65.2 cm³/mol. The van der Waals surface area contributed by atoms with Gasteiger partial charge in [-0.1, -0.05) is 0 Å². The van der Waals surface area contributed by atoms with E-state index in [2.05, 4.69) is 51.4 Å². The van der Waals surface area contributed by atoms with Crippen molar-refractivity contribution in [3.05, 3.63) is 62.8 Å². The molecule has 0 saturated carbocycles. The van der Waals surface area contributed by atoms with Gasteiger partial charge in [-0.3, -0.25) is 0 Å². The summed E-state index contributed by atoms with van der Waals surface area (Å²) in [4.78, 5) is 0. The van der Waals surface area contributed by atoms with Crippen molar-refractivity contribution in [3.8, 4) is 0 Å². The van der Waals surface area contributed by atoms with Gasteiger partial charge in [0.15, 0.2) is 0 Å². The summed E-state index contributed by atoms with van der Waals surface area (Å²) in [6.45, 7) is 1.06. The monoisotopic (exact) mass is 294 g/mol. The second-order valence-electron chi connectivity index (χ2n) is 4.51. The minimum atomic E-state index is 1.06. The van der Waals surface area contributed by atoms with Gasteiger partial charge in [-0.2, -0.15) is 0 Å². The second kappa shape index (κ2) is 3.43. The van der Waals surface area contributed by atoms with Crippen LogP contribution in [0.25, 0.3) is 12.2 Å². The molecular formula is C15H10NZr. The number of hydrogen-bond acceptors (Lipinski definition) is 1. The molecule has 17 heavy (non-hydrogen) atoms. The maximum atomic E-state index is 2.42. The van der Waals surface area contributed by atoms with Crippen molar-refractivity contribution in [1.29, 1.82) is 0 Å². The average molecular weight is 295 g/mol. The van der Waals surface area contributed by atoms with E-state index >= 15 is 0 Å². The minimum absolute atomic E-state index is 1.06. The maximum absolute atomic E-state index is 2.42. The predicted octanol–water partition coefficient (Wildman–Crippen LogP) is 1.18. The fourth-order valence-corrected chi connectivity index (χ4v) is 3.61. The van der Waals surface area contributed by atoms with Gasteiger partial charge in [-0.05, 0) is 0 Å². The third-order valence-electron chi connectivity index (χ3n) is 3.56. The molecule has 0 amide bonds. The van der Waals surface area contributed by atoms with Crippen LogP contribution in [-0.4, -0.2) is 6.54 Å². The van der Waals surface area contributed by atoms with Crippen LogP contribution in [0.1, 0.15) is 5.56 Å². The van der Waals surface area contributed by atoms with Crippen LogP contribution in [-0.2, 0) is 25.0 Å². The Balaban J connectivity index is 2.27. The summed E-state index contributed by atoms with van der Waals surface area (Å²) in [6.07, 6.45) is 4.65. The summed E-state index contributed by atoms with van der Waals surface area (Å²) < 4.78 is 2.42. The van der Waals surface area contributed by atoms with Crippen LogP contribution in [0.5, 0.6) is 0 Å². The molecule has 0 saturated heterocycles. The van der Waals surface area contributed by atoms with Crippen LogP contribution in [0, 0.1) is 10.4 Å². The Hall–Kier alpha value is -1.14. The van der Waals surface area contributed by atoms with E-state index in [0.717, 1.165) is 6.54 Å². The molecule has 0 radical (unpaired) electrons. The summed E-state index contributed by atoms with van der Waals surface area (Å²) in [6, 6.07) is 13.2. The Morgan fingerprint density at radius 2 is 1.82 bits per heavy atom. The standard InChI is InChI=1S/C15H10N.Zr/c1-2-4-12-11(3-1)9-14-13(12)6-5-10-7-8-16-15(10)14;/h1-7,9H,8H2;/q-1;+1. The fraction of sp³-hybridized carbons (Fsp3) is 0.0667. The summed E-state index contributed by atoms with van der Waals surface area (Å²) in [7, 11) is 0. The van der Waals surface area contributed by atoms with Crippen molar-refractivity contribution in [2.24, 2.45) is 0 Å². The van der Waals surface area contributed by atoms with Crippen LogP contribution in [0.2, 0.25) is 0 Å². The zero-order valence-corrected chi connectivity index (χ0v) is 11.7. The number of rotatable bonds is 0. The molecule has 1 aliphatic heterocycles. The Morgan fingerprint density at radius 3 is 2.76 bits per heavy atom. The molecule has 0 fully saturated rings. The van der Waals surface area contributed by atoms with E-state index in [-0.39, 0.29) is 0 Å². The SMILES string of the molecule is [Zr][N]1CC=c2ccc3c(c21)C=c1ccccc1=3. The molecule has 0 spiro atoms. The van der Waals surface area contributed by atoms with Gasteiger partial charge in [-0.15, -0.1) is 0 Å². The van der Waals surface area contributed by atoms with Gasteiger partial charge < -0.3 is 0 Å². The Morgan fingerprint density at radius 1 is 0.941 bits per heavy atom. The van der Waals surface area contributed by atoms with E-state index in [0.29, 0.717) is 0 Å². The van der Waals surface area contributed by atoms with Crippen LogP contribution in [0.4, 0.5) is 5.69 Å². The van der Waals surface area contributed by atoms with Gasteiger partial charge in [-0.25, -0.2) is 0 Å². The summed E-state index contributed by atoms with van der Waals surface area (Å²) in [5.74, 6) is 0. The van der Waals surface area contributed by atoms with Gasteiger partial charge in [0.1, 0.15) is 0 Å². The molecule has 4 rings (SSSR count). The van der Waals surface area contributed by atoms with E-state index in [1.807, 2.05) is 0 Å². The second-order valence-corrected chi connectivity index (χ2v) is 5.84. The molecule has 0 atom stereocenters. The molecule has 0 unspecified atom stereocenters. The van der Waals surface area contributed by atoms with Crippen molar-refractivity contribution in [3.63, 3.8) is 0 Å². The third kappa shape index (κ3) is 1.28. The van der Waals surface area contributed by atoms with Gasteiger partial charge in [0.25, 0.3) is 0 Å². The molecule has 0 bridgehead atoms. The fourth-order valence-electron chi connectivity index (χ4n) is 2.78. The summed E-state index contributed by atoms with van der Waals surface area (Å²) >= 11 is 1.47. The zero-order chi connectivity index (χ0) is 11.4. The van der Waals surface area contributed by atoms with Crippen LogP contribution >= 0.6 is 0 Å². The van der Waals surface area contributed by atoms with Crippen LogP contribution in [0.15, 0.2) is 36.4 Å². The van der Waals surface area contributed by atoms with Crippen molar-refractivity contribution in [2.75, 3.05) is 9.39 Å². The molecule has 1 aliphatic carbocycles. The van der Waals surface area contributed by atoms with Crippen LogP contribution < -0.4 is 13.3 Å².